The Morgan fingerprint density at radius 1 is 1.00 bits per heavy atom. The molecule has 0 unspecified atom stereocenters. The molecule has 2 rings (SSSR count). The number of halogens is 2. The van der Waals surface area contributed by atoms with Gasteiger partial charge in [-0.25, -0.2) is 4.39 Å². The van der Waals surface area contributed by atoms with E-state index in [4.69, 9.17) is 0 Å². The Labute approximate surface area is 166 Å². The van der Waals surface area contributed by atoms with Crippen LogP contribution in [0, 0.1) is 5.82 Å². The average molecular weight is 439 g/mol. The monoisotopic (exact) mass is 438 g/mol. The largest absolute Gasteiger partial charge is 0.352 e. The smallest absolute Gasteiger partial charge is 0.250 e. The molecule has 146 valence electrons. The van der Waals surface area contributed by atoms with Crippen LogP contribution in [-0.4, -0.2) is 22.7 Å². The van der Waals surface area contributed by atoms with Gasteiger partial charge >= 0.3 is 0 Å². The second-order valence-electron chi connectivity index (χ2n) is 6.32. The summed E-state index contributed by atoms with van der Waals surface area (Å²) >= 11 is 3.30. The van der Waals surface area contributed by atoms with Gasteiger partial charge in [0.05, 0.1) is 0 Å². The zero-order valence-corrected chi connectivity index (χ0v) is 16.5. The van der Waals surface area contributed by atoms with Crippen molar-refractivity contribution in [3.63, 3.8) is 0 Å². The fourth-order valence-electron chi connectivity index (χ4n) is 2.53. The van der Waals surface area contributed by atoms with Crippen molar-refractivity contribution in [2.24, 2.45) is 0 Å². The van der Waals surface area contributed by atoms with E-state index in [0.29, 0.717) is 37.9 Å². The van der Waals surface area contributed by atoms with Gasteiger partial charge in [-0.1, -0.05) is 46.6 Å². The number of amides is 1. The standard InChI is InChI=1S/C20H24BrFN2O3/c21-17-9-7-16(8-10-17)20(26,27)24-13-3-1-2-4-19(25)23-14-15-5-11-18(22)12-6-15/h5-12,24,26-27H,1-4,13-14H2,(H,23,25). The molecule has 0 saturated carbocycles. The van der Waals surface area contributed by atoms with Crippen LogP contribution in [0.1, 0.15) is 36.8 Å². The Hall–Kier alpha value is -1.80. The molecule has 0 atom stereocenters. The highest BCUT2D eigenvalue weighted by atomic mass is 79.9. The average Bonchev–Trinajstić information content (AvgIpc) is 2.64. The number of unbranched alkanes of at least 4 members (excludes halogenated alkanes) is 2. The maximum atomic E-state index is 12.8. The van der Waals surface area contributed by atoms with Gasteiger partial charge in [0.25, 0.3) is 5.91 Å². The summed E-state index contributed by atoms with van der Waals surface area (Å²) in [6.45, 7) is 0.797. The quantitative estimate of drug-likeness (QED) is 0.339. The molecule has 7 heteroatoms. The van der Waals surface area contributed by atoms with E-state index in [1.165, 1.54) is 12.1 Å². The van der Waals surface area contributed by atoms with Crippen LogP contribution in [0.25, 0.3) is 0 Å². The molecule has 0 fully saturated rings. The lowest BCUT2D eigenvalue weighted by Gasteiger charge is -2.23. The maximum Gasteiger partial charge on any atom is 0.250 e. The summed E-state index contributed by atoms with van der Waals surface area (Å²) in [5.74, 6) is -2.43. The molecule has 0 aromatic heterocycles. The fraction of sp³-hybridized carbons (Fsp3) is 0.350. The maximum absolute atomic E-state index is 12.8. The highest BCUT2D eigenvalue weighted by Gasteiger charge is 2.24. The van der Waals surface area contributed by atoms with Gasteiger partial charge in [0.15, 0.2) is 0 Å². The minimum Gasteiger partial charge on any atom is -0.352 e. The number of rotatable bonds is 10. The van der Waals surface area contributed by atoms with Crippen LogP contribution >= 0.6 is 15.9 Å². The number of carbonyl (C=O) groups is 1. The third kappa shape index (κ3) is 7.76. The molecule has 0 radical (unpaired) electrons. The number of hydrogen-bond acceptors (Lipinski definition) is 4. The van der Waals surface area contributed by atoms with Crippen LogP contribution in [-0.2, 0) is 17.3 Å². The summed E-state index contributed by atoms with van der Waals surface area (Å²) < 4.78 is 13.7. The number of carbonyl (C=O) groups excluding carboxylic acids is 1. The van der Waals surface area contributed by atoms with Gasteiger partial charge in [-0.2, -0.15) is 0 Å². The molecule has 0 spiro atoms. The molecule has 0 aliphatic heterocycles. The third-order valence-corrected chi connectivity index (χ3v) is 4.63. The number of hydrogen-bond donors (Lipinski definition) is 4. The zero-order chi connectivity index (χ0) is 19.7. The van der Waals surface area contributed by atoms with Crippen molar-refractivity contribution in [2.45, 2.75) is 38.1 Å². The number of aliphatic hydroxyl groups is 2. The fourth-order valence-corrected chi connectivity index (χ4v) is 2.79. The molecule has 2 aromatic rings. The Morgan fingerprint density at radius 3 is 2.33 bits per heavy atom. The summed E-state index contributed by atoms with van der Waals surface area (Å²) in [5.41, 5.74) is 1.22. The molecule has 27 heavy (non-hydrogen) atoms. The topological polar surface area (TPSA) is 81.6 Å². The van der Waals surface area contributed by atoms with Gasteiger partial charge < -0.3 is 15.5 Å². The Balaban J connectivity index is 1.57. The Kier molecular flexibility index (Phi) is 8.37. The highest BCUT2D eigenvalue weighted by molar-refractivity contribution is 9.10. The molecular formula is C20H24BrFN2O3. The van der Waals surface area contributed by atoms with Crippen molar-refractivity contribution in [3.05, 3.63) is 69.9 Å². The predicted octanol–water partition coefficient (Wildman–Crippen LogP) is 3.15. The van der Waals surface area contributed by atoms with Crippen molar-refractivity contribution in [1.29, 1.82) is 0 Å². The summed E-state index contributed by atoms with van der Waals surface area (Å²) in [7, 11) is 0. The van der Waals surface area contributed by atoms with Crippen LogP contribution in [0.3, 0.4) is 0 Å². The molecule has 0 aliphatic rings. The summed E-state index contributed by atoms with van der Waals surface area (Å²) in [5, 5.41) is 25.6. The van der Waals surface area contributed by atoms with Gasteiger partial charge in [-0.3, -0.25) is 10.1 Å². The van der Waals surface area contributed by atoms with E-state index < -0.39 is 5.91 Å². The summed E-state index contributed by atoms with van der Waals surface area (Å²) in [4.78, 5) is 11.8. The van der Waals surface area contributed by atoms with Crippen LogP contribution in [0.15, 0.2) is 53.0 Å². The molecule has 2 aromatic carbocycles. The molecule has 5 nitrogen and oxygen atoms in total. The Bertz CT molecular complexity index is 721. The second kappa shape index (κ2) is 10.5. The molecule has 0 heterocycles. The van der Waals surface area contributed by atoms with E-state index in [1.54, 1.807) is 36.4 Å². The number of benzene rings is 2. The van der Waals surface area contributed by atoms with Gasteiger partial charge in [-0.15, -0.1) is 0 Å². The molecule has 1 amide bonds. The predicted molar refractivity (Wildman–Crippen MR) is 105 cm³/mol. The van der Waals surface area contributed by atoms with Crippen LogP contribution in [0.2, 0.25) is 0 Å². The van der Waals surface area contributed by atoms with Gasteiger partial charge in [-0.05, 0) is 42.7 Å². The molecule has 4 N–H and O–H groups in total. The van der Waals surface area contributed by atoms with Crippen LogP contribution in [0.4, 0.5) is 4.39 Å². The summed E-state index contributed by atoms with van der Waals surface area (Å²) in [6.07, 6.45) is 2.61. The molecule has 0 aliphatic carbocycles. The summed E-state index contributed by atoms with van der Waals surface area (Å²) in [6, 6.07) is 12.7. The first-order valence-electron chi connectivity index (χ1n) is 8.84. The van der Waals surface area contributed by atoms with Gasteiger partial charge in [0, 0.05) is 29.5 Å². The lowest BCUT2D eigenvalue weighted by atomic mass is 10.1. The van der Waals surface area contributed by atoms with Crippen molar-refractivity contribution in [2.75, 3.05) is 6.54 Å². The minimum absolute atomic E-state index is 0.0548. The lowest BCUT2D eigenvalue weighted by Crippen LogP contribution is -2.42. The van der Waals surface area contributed by atoms with Crippen molar-refractivity contribution >= 4 is 21.8 Å². The van der Waals surface area contributed by atoms with Crippen molar-refractivity contribution < 1.29 is 19.4 Å². The van der Waals surface area contributed by atoms with Gasteiger partial charge in [0.2, 0.25) is 5.91 Å². The third-order valence-electron chi connectivity index (χ3n) is 4.10. The normalized spacial score (nSPS) is 11.4. The number of nitrogens with one attached hydrogen (secondary N) is 2. The first kappa shape index (κ1) is 21.5. The lowest BCUT2D eigenvalue weighted by molar-refractivity contribution is -0.194. The van der Waals surface area contributed by atoms with Crippen LogP contribution < -0.4 is 10.6 Å². The Morgan fingerprint density at radius 2 is 1.67 bits per heavy atom. The SMILES string of the molecule is O=C(CCCCCNC(O)(O)c1ccc(Br)cc1)NCc1ccc(F)cc1. The molecule has 0 saturated heterocycles. The van der Waals surface area contributed by atoms with Gasteiger partial charge in [0.1, 0.15) is 5.82 Å². The van der Waals surface area contributed by atoms with E-state index in [9.17, 15) is 19.4 Å². The van der Waals surface area contributed by atoms with Crippen molar-refractivity contribution in [3.8, 4) is 0 Å². The second-order valence-corrected chi connectivity index (χ2v) is 7.24. The minimum atomic E-state index is -2.08. The van der Waals surface area contributed by atoms with Crippen molar-refractivity contribution in [1.82, 2.24) is 10.6 Å². The van der Waals surface area contributed by atoms with Crippen LogP contribution in [0.5, 0.6) is 0 Å². The van der Waals surface area contributed by atoms with E-state index in [0.717, 1.165) is 16.5 Å². The van der Waals surface area contributed by atoms with E-state index in [1.807, 2.05) is 0 Å². The zero-order valence-electron chi connectivity index (χ0n) is 14.9. The first-order chi connectivity index (χ1) is 12.9. The first-order valence-corrected chi connectivity index (χ1v) is 9.63. The van der Waals surface area contributed by atoms with E-state index in [-0.39, 0.29) is 11.7 Å². The highest BCUT2D eigenvalue weighted by Crippen LogP contribution is 2.18. The molecular weight excluding hydrogens is 415 g/mol. The molecule has 0 bridgehead atoms. The van der Waals surface area contributed by atoms with E-state index in [2.05, 4.69) is 26.6 Å². The van der Waals surface area contributed by atoms with E-state index >= 15 is 0 Å².